The van der Waals surface area contributed by atoms with Crippen molar-refractivity contribution in [2.75, 3.05) is 32.7 Å². The van der Waals surface area contributed by atoms with Crippen LogP contribution in [0.2, 0.25) is 5.02 Å². The zero-order valence-electron chi connectivity index (χ0n) is 14.3. The van der Waals surface area contributed by atoms with Crippen LogP contribution in [0.25, 0.3) is 11.1 Å². The Morgan fingerprint density at radius 2 is 1.67 bits per heavy atom. The molecule has 1 aliphatic rings. The van der Waals surface area contributed by atoms with E-state index in [-0.39, 0.29) is 5.91 Å². The molecule has 0 atom stereocenters. The Morgan fingerprint density at radius 1 is 1.00 bits per heavy atom. The van der Waals surface area contributed by atoms with Crippen LogP contribution in [0.3, 0.4) is 0 Å². The van der Waals surface area contributed by atoms with Gasteiger partial charge in [0.05, 0.1) is 0 Å². The van der Waals surface area contributed by atoms with Gasteiger partial charge in [0.25, 0.3) is 5.91 Å². The van der Waals surface area contributed by atoms with Gasteiger partial charge < -0.3 is 14.4 Å². The normalized spacial score (nSPS) is 15.7. The number of carbonyl (C=O) groups is 1. The highest BCUT2D eigenvalue weighted by Crippen LogP contribution is 2.25. The van der Waals surface area contributed by atoms with E-state index >= 15 is 0 Å². The Bertz CT molecular complexity index is 700. The van der Waals surface area contributed by atoms with E-state index in [1.807, 2.05) is 39.8 Å². The van der Waals surface area contributed by atoms with E-state index in [4.69, 9.17) is 11.6 Å². The summed E-state index contributed by atoms with van der Waals surface area (Å²) in [7, 11) is 0. The standard InChI is InChI=1S/C19H24ClN3O/c1-3-21-9-11-23(12-10-21)19(24)18-13-16(14-22(18)4-2)15-5-7-17(20)8-6-15/h5-8,13-14H,3-4,9-12H2,1-2H3. The van der Waals surface area contributed by atoms with Gasteiger partial charge in [-0.1, -0.05) is 30.7 Å². The van der Waals surface area contributed by atoms with E-state index in [0.29, 0.717) is 0 Å². The molecular formula is C19H24ClN3O. The molecule has 0 spiro atoms. The lowest BCUT2D eigenvalue weighted by atomic mass is 10.1. The van der Waals surface area contributed by atoms with Gasteiger partial charge in [-0.15, -0.1) is 0 Å². The number of rotatable bonds is 4. The van der Waals surface area contributed by atoms with Crippen LogP contribution >= 0.6 is 11.6 Å². The summed E-state index contributed by atoms with van der Waals surface area (Å²) in [4.78, 5) is 17.3. The maximum atomic E-state index is 12.9. The zero-order valence-corrected chi connectivity index (χ0v) is 15.1. The van der Waals surface area contributed by atoms with Crippen molar-refractivity contribution in [1.29, 1.82) is 0 Å². The van der Waals surface area contributed by atoms with Crippen molar-refractivity contribution >= 4 is 17.5 Å². The first kappa shape index (κ1) is 17.1. The van der Waals surface area contributed by atoms with Crippen LogP contribution in [0.4, 0.5) is 0 Å². The summed E-state index contributed by atoms with van der Waals surface area (Å²) in [5, 5.41) is 0.721. The topological polar surface area (TPSA) is 28.5 Å². The molecule has 0 bridgehead atoms. The van der Waals surface area contributed by atoms with Crippen LogP contribution < -0.4 is 0 Å². The van der Waals surface area contributed by atoms with Gasteiger partial charge in [0.2, 0.25) is 0 Å². The molecule has 128 valence electrons. The molecule has 1 saturated heterocycles. The quantitative estimate of drug-likeness (QED) is 0.847. The minimum absolute atomic E-state index is 0.132. The van der Waals surface area contributed by atoms with E-state index in [9.17, 15) is 4.79 Å². The van der Waals surface area contributed by atoms with Gasteiger partial charge in [0.1, 0.15) is 5.69 Å². The number of aromatic nitrogens is 1. The fourth-order valence-corrected chi connectivity index (χ4v) is 3.31. The van der Waals surface area contributed by atoms with Crippen molar-refractivity contribution in [1.82, 2.24) is 14.4 Å². The van der Waals surface area contributed by atoms with Gasteiger partial charge in [-0.05, 0) is 37.2 Å². The number of piperazine rings is 1. The van der Waals surface area contributed by atoms with Crippen molar-refractivity contribution in [3.8, 4) is 11.1 Å². The van der Waals surface area contributed by atoms with Gasteiger partial charge in [-0.3, -0.25) is 4.79 Å². The number of halogens is 1. The molecule has 3 rings (SSSR count). The molecule has 0 radical (unpaired) electrons. The second-order valence-corrected chi connectivity index (χ2v) is 6.57. The molecule has 1 aromatic heterocycles. The molecule has 0 unspecified atom stereocenters. The van der Waals surface area contributed by atoms with Crippen molar-refractivity contribution < 1.29 is 4.79 Å². The molecule has 0 N–H and O–H groups in total. The minimum Gasteiger partial charge on any atom is -0.343 e. The fourth-order valence-electron chi connectivity index (χ4n) is 3.18. The summed E-state index contributed by atoms with van der Waals surface area (Å²) in [6, 6.07) is 9.75. The summed E-state index contributed by atoms with van der Waals surface area (Å²) in [5.74, 6) is 0.132. The molecule has 0 aliphatic carbocycles. The number of carbonyl (C=O) groups excluding carboxylic acids is 1. The SMILES string of the molecule is CCN1CCN(C(=O)c2cc(-c3ccc(Cl)cc3)cn2CC)CC1. The Morgan fingerprint density at radius 3 is 2.25 bits per heavy atom. The third-order valence-electron chi connectivity index (χ3n) is 4.74. The summed E-state index contributed by atoms with van der Waals surface area (Å²) in [5.41, 5.74) is 2.91. The summed E-state index contributed by atoms with van der Waals surface area (Å²) < 4.78 is 2.04. The van der Waals surface area contributed by atoms with Gasteiger partial charge in [-0.2, -0.15) is 0 Å². The van der Waals surface area contributed by atoms with Gasteiger partial charge in [0.15, 0.2) is 0 Å². The van der Waals surface area contributed by atoms with Crippen LogP contribution in [-0.4, -0.2) is 53.0 Å². The lowest BCUT2D eigenvalue weighted by Crippen LogP contribution is -2.48. The second-order valence-electron chi connectivity index (χ2n) is 6.13. The van der Waals surface area contributed by atoms with Crippen molar-refractivity contribution in [2.24, 2.45) is 0 Å². The van der Waals surface area contributed by atoms with E-state index < -0.39 is 0 Å². The van der Waals surface area contributed by atoms with Crippen LogP contribution in [0, 0.1) is 0 Å². The molecular weight excluding hydrogens is 322 g/mol. The molecule has 1 fully saturated rings. The Hall–Kier alpha value is -1.78. The smallest absolute Gasteiger partial charge is 0.270 e. The first-order chi connectivity index (χ1) is 11.6. The van der Waals surface area contributed by atoms with Crippen LogP contribution in [-0.2, 0) is 6.54 Å². The zero-order chi connectivity index (χ0) is 17.1. The molecule has 2 aromatic rings. The van der Waals surface area contributed by atoms with Crippen molar-refractivity contribution in [3.05, 3.63) is 47.2 Å². The number of benzene rings is 1. The van der Waals surface area contributed by atoms with E-state index in [2.05, 4.69) is 24.9 Å². The van der Waals surface area contributed by atoms with Crippen molar-refractivity contribution in [3.63, 3.8) is 0 Å². The molecule has 1 amide bonds. The highest BCUT2D eigenvalue weighted by molar-refractivity contribution is 6.30. The number of hydrogen-bond donors (Lipinski definition) is 0. The number of nitrogens with zero attached hydrogens (tertiary/aromatic N) is 3. The molecule has 0 saturated carbocycles. The maximum absolute atomic E-state index is 12.9. The molecule has 2 heterocycles. The first-order valence-electron chi connectivity index (χ1n) is 8.60. The highest BCUT2D eigenvalue weighted by atomic mass is 35.5. The van der Waals surface area contributed by atoms with Crippen molar-refractivity contribution in [2.45, 2.75) is 20.4 Å². The average molecular weight is 346 g/mol. The van der Waals surface area contributed by atoms with Gasteiger partial charge in [-0.25, -0.2) is 0 Å². The number of aryl methyl sites for hydroxylation is 1. The third-order valence-corrected chi connectivity index (χ3v) is 4.99. The lowest BCUT2D eigenvalue weighted by molar-refractivity contribution is 0.0633. The third kappa shape index (κ3) is 3.50. The fraction of sp³-hybridized carbons (Fsp3) is 0.421. The maximum Gasteiger partial charge on any atom is 0.270 e. The molecule has 1 aliphatic heterocycles. The van der Waals surface area contributed by atoms with Gasteiger partial charge >= 0.3 is 0 Å². The number of amides is 1. The average Bonchev–Trinajstić information content (AvgIpc) is 3.06. The van der Waals surface area contributed by atoms with Crippen LogP contribution in [0.1, 0.15) is 24.3 Å². The predicted octanol–water partition coefficient (Wildman–Crippen LogP) is 3.61. The minimum atomic E-state index is 0.132. The molecule has 4 nitrogen and oxygen atoms in total. The number of likely N-dealkylation sites (N-methyl/N-ethyl adjacent to an activating group) is 1. The molecule has 5 heteroatoms. The summed E-state index contributed by atoms with van der Waals surface area (Å²) in [6.07, 6.45) is 2.05. The Balaban J connectivity index is 1.82. The van der Waals surface area contributed by atoms with Crippen LogP contribution in [0.5, 0.6) is 0 Å². The largest absolute Gasteiger partial charge is 0.343 e. The second kappa shape index (κ2) is 7.41. The van der Waals surface area contributed by atoms with Gasteiger partial charge in [0, 0.05) is 49.5 Å². The van der Waals surface area contributed by atoms with Crippen LogP contribution in [0.15, 0.2) is 36.5 Å². The van der Waals surface area contributed by atoms with E-state index in [1.54, 1.807) is 0 Å². The summed E-state index contributed by atoms with van der Waals surface area (Å²) >= 11 is 5.97. The van der Waals surface area contributed by atoms with E-state index in [1.165, 1.54) is 0 Å². The first-order valence-corrected chi connectivity index (χ1v) is 8.98. The lowest BCUT2D eigenvalue weighted by Gasteiger charge is -2.34. The Labute approximate surface area is 148 Å². The van der Waals surface area contributed by atoms with E-state index in [0.717, 1.165) is 61.1 Å². The molecule has 1 aromatic carbocycles. The molecule has 24 heavy (non-hydrogen) atoms. The number of hydrogen-bond acceptors (Lipinski definition) is 2. The Kier molecular flexibility index (Phi) is 5.27. The monoisotopic (exact) mass is 345 g/mol. The predicted molar refractivity (Wildman–Crippen MR) is 98.6 cm³/mol. The summed E-state index contributed by atoms with van der Waals surface area (Å²) in [6.45, 7) is 9.58. The highest BCUT2D eigenvalue weighted by Gasteiger charge is 2.24.